The maximum absolute atomic E-state index is 13.3. The van der Waals surface area contributed by atoms with E-state index < -0.39 is 5.82 Å². The Bertz CT molecular complexity index is 389. The van der Waals surface area contributed by atoms with E-state index in [1.165, 1.54) is 6.07 Å². The second-order valence-corrected chi connectivity index (χ2v) is 3.80. The number of carbonyl (C=O) groups is 1. The Balaban J connectivity index is 2.14. The van der Waals surface area contributed by atoms with Crippen LogP contribution >= 0.6 is 0 Å². The van der Waals surface area contributed by atoms with E-state index in [9.17, 15) is 9.18 Å². The third-order valence-corrected chi connectivity index (χ3v) is 2.83. The number of carbonyl (C=O) groups excluding carboxylic acids is 1. The maximum Gasteiger partial charge on any atom is 0.209 e. The van der Waals surface area contributed by atoms with Gasteiger partial charge in [-0.05, 0) is 12.1 Å². The van der Waals surface area contributed by atoms with Crippen LogP contribution in [-0.4, -0.2) is 37.5 Å². The molecule has 86 valence electrons. The molecule has 2 rings (SSSR count). The van der Waals surface area contributed by atoms with E-state index in [1.54, 1.807) is 17.0 Å². The van der Waals surface area contributed by atoms with Gasteiger partial charge in [0.2, 0.25) is 6.41 Å². The predicted octanol–water partition coefficient (Wildman–Crippen LogP) is 0.686. The van der Waals surface area contributed by atoms with Gasteiger partial charge in [0, 0.05) is 26.2 Å². The number of piperazine rings is 1. The predicted molar refractivity (Wildman–Crippen MR) is 60.7 cm³/mol. The molecule has 0 bridgehead atoms. The van der Waals surface area contributed by atoms with E-state index in [0.29, 0.717) is 31.9 Å². The lowest BCUT2D eigenvalue weighted by molar-refractivity contribution is -0.118. The molecule has 1 aliphatic rings. The van der Waals surface area contributed by atoms with Crippen molar-refractivity contribution in [1.29, 1.82) is 0 Å². The molecule has 1 fully saturated rings. The molecule has 4 nitrogen and oxygen atoms in total. The minimum Gasteiger partial charge on any atom is -0.395 e. The maximum atomic E-state index is 13.3. The Hall–Kier alpha value is -1.78. The van der Waals surface area contributed by atoms with Gasteiger partial charge in [-0.2, -0.15) is 0 Å². The van der Waals surface area contributed by atoms with Gasteiger partial charge < -0.3 is 15.5 Å². The van der Waals surface area contributed by atoms with Gasteiger partial charge in [0.1, 0.15) is 5.82 Å². The third kappa shape index (κ3) is 1.93. The van der Waals surface area contributed by atoms with E-state index in [4.69, 9.17) is 5.73 Å². The number of para-hydroxylation sites is 1. The molecule has 0 atom stereocenters. The van der Waals surface area contributed by atoms with E-state index >= 15 is 0 Å². The first-order chi connectivity index (χ1) is 7.72. The van der Waals surface area contributed by atoms with Crippen LogP contribution in [0.25, 0.3) is 0 Å². The van der Waals surface area contributed by atoms with Crippen LogP contribution in [0.3, 0.4) is 0 Å². The lowest BCUT2D eigenvalue weighted by Gasteiger charge is -2.34. The van der Waals surface area contributed by atoms with Crippen LogP contribution in [0.2, 0.25) is 0 Å². The summed E-state index contributed by atoms with van der Waals surface area (Å²) in [5.74, 6) is -0.393. The highest BCUT2D eigenvalue weighted by Crippen LogP contribution is 2.26. The first kappa shape index (κ1) is 10.7. The SMILES string of the molecule is Nc1c(F)cccc1N1CCN(C=O)CC1. The minimum absolute atomic E-state index is 0.182. The summed E-state index contributed by atoms with van der Waals surface area (Å²) in [6, 6.07) is 4.79. The monoisotopic (exact) mass is 223 g/mol. The lowest BCUT2D eigenvalue weighted by atomic mass is 10.2. The molecule has 2 N–H and O–H groups in total. The topological polar surface area (TPSA) is 49.6 Å². The zero-order valence-electron chi connectivity index (χ0n) is 8.90. The zero-order valence-corrected chi connectivity index (χ0v) is 8.90. The number of hydrogen-bond acceptors (Lipinski definition) is 3. The fourth-order valence-corrected chi connectivity index (χ4v) is 1.87. The van der Waals surface area contributed by atoms with Crippen LogP contribution in [0.15, 0.2) is 18.2 Å². The van der Waals surface area contributed by atoms with Crippen molar-refractivity contribution < 1.29 is 9.18 Å². The summed E-state index contributed by atoms with van der Waals surface area (Å²) in [5, 5.41) is 0. The van der Waals surface area contributed by atoms with Crippen LogP contribution in [0.4, 0.5) is 15.8 Å². The van der Waals surface area contributed by atoms with Gasteiger partial charge in [-0.3, -0.25) is 4.79 Å². The van der Waals surface area contributed by atoms with Gasteiger partial charge in [0.25, 0.3) is 0 Å². The number of anilines is 2. The molecule has 1 saturated heterocycles. The molecule has 1 amide bonds. The molecule has 0 aromatic heterocycles. The quantitative estimate of drug-likeness (QED) is 0.592. The standard InChI is InChI=1S/C11H14FN3O/c12-9-2-1-3-10(11(9)13)15-6-4-14(8-16)5-7-15/h1-3,8H,4-7,13H2. The van der Waals surface area contributed by atoms with E-state index in [0.717, 1.165) is 6.41 Å². The Kier molecular flexibility index (Phi) is 2.94. The number of rotatable bonds is 2. The van der Waals surface area contributed by atoms with E-state index in [-0.39, 0.29) is 5.69 Å². The zero-order chi connectivity index (χ0) is 11.5. The third-order valence-electron chi connectivity index (χ3n) is 2.83. The lowest BCUT2D eigenvalue weighted by Crippen LogP contribution is -2.45. The van der Waals surface area contributed by atoms with Crippen molar-refractivity contribution in [2.45, 2.75) is 0 Å². The fraction of sp³-hybridized carbons (Fsp3) is 0.364. The average Bonchev–Trinajstić information content (AvgIpc) is 2.33. The van der Waals surface area contributed by atoms with E-state index in [2.05, 4.69) is 0 Å². The smallest absolute Gasteiger partial charge is 0.209 e. The fourth-order valence-electron chi connectivity index (χ4n) is 1.87. The van der Waals surface area contributed by atoms with Crippen LogP contribution in [0.1, 0.15) is 0 Å². The normalized spacial score (nSPS) is 16.3. The number of nitrogens with zero attached hydrogens (tertiary/aromatic N) is 2. The summed E-state index contributed by atoms with van der Waals surface area (Å²) in [6.45, 7) is 2.68. The molecule has 1 aliphatic heterocycles. The second-order valence-electron chi connectivity index (χ2n) is 3.80. The summed E-state index contributed by atoms with van der Waals surface area (Å²) in [5.41, 5.74) is 6.58. The molecule has 1 aromatic carbocycles. The highest BCUT2D eigenvalue weighted by atomic mass is 19.1. The van der Waals surface area contributed by atoms with Crippen molar-refractivity contribution in [3.63, 3.8) is 0 Å². The Morgan fingerprint density at radius 2 is 1.94 bits per heavy atom. The molecule has 1 heterocycles. The molecule has 0 aliphatic carbocycles. The molecular weight excluding hydrogens is 209 g/mol. The molecular formula is C11H14FN3O. The molecule has 5 heteroatoms. The van der Waals surface area contributed by atoms with Gasteiger partial charge in [0.15, 0.2) is 0 Å². The highest BCUT2D eigenvalue weighted by molar-refractivity contribution is 5.68. The van der Waals surface area contributed by atoms with E-state index in [1.807, 2.05) is 4.90 Å². The molecule has 0 radical (unpaired) electrons. The van der Waals surface area contributed by atoms with Crippen LogP contribution in [0, 0.1) is 5.82 Å². The number of halogens is 1. The summed E-state index contributed by atoms with van der Waals surface area (Å²) in [7, 11) is 0. The number of hydrogen-bond donors (Lipinski definition) is 1. The van der Waals surface area contributed by atoms with Crippen molar-refractivity contribution >= 4 is 17.8 Å². The summed E-state index contributed by atoms with van der Waals surface area (Å²) >= 11 is 0. The van der Waals surface area contributed by atoms with Gasteiger partial charge in [-0.25, -0.2) is 4.39 Å². The van der Waals surface area contributed by atoms with Crippen molar-refractivity contribution in [2.75, 3.05) is 36.8 Å². The molecule has 16 heavy (non-hydrogen) atoms. The first-order valence-corrected chi connectivity index (χ1v) is 5.20. The van der Waals surface area contributed by atoms with Gasteiger partial charge in [0.05, 0.1) is 11.4 Å². The Labute approximate surface area is 93.4 Å². The van der Waals surface area contributed by atoms with Crippen LogP contribution < -0.4 is 10.6 Å². The number of nitrogens with two attached hydrogens (primary N) is 1. The molecule has 0 saturated carbocycles. The molecule has 0 spiro atoms. The first-order valence-electron chi connectivity index (χ1n) is 5.20. The van der Waals surface area contributed by atoms with Crippen molar-refractivity contribution in [3.05, 3.63) is 24.0 Å². The van der Waals surface area contributed by atoms with Crippen molar-refractivity contribution in [2.24, 2.45) is 0 Å². The summed E-state index contributed by atoms with van der Waals surface area (Å²) < 4.78 is 13.3. The highest BCUT2D eigenvalue weighted by Gasteiger charge is 2.18. The Morgan fingerprint density at radius 3 is 2.56 bits per heavy atom. The largest absolute Gasteiger partial charge is 0.395 e. The number of amides is 1. The summed E-state index contributed by atoms with van der Waals surface area (Å²) in [4.78, 5) is 14.2. The summed E-state index contributed by atoms with van der Waals surface area (Å²) in [6.07, 6.45) is 0.840. The molecule has 0 unspecified atom stereocenters. The minimum atomic E-state index is -0.393. The van der Waals surface area contributed by atoms with Gasteiger partial charge in [-0.15, -0.1) is 0 Å². The van der Waals surface area contributed by atoms with Gasteiger partial charge in [-0.1, -0.05) is 6.07 Å². The van der Waals surface area contributed by atoms with Gasteiger partial charge >= 0.3 is 0 Å². The van der Waals surface area contributed by atoms with Crippen molar-refractivity contribution in [3.8, 4) is 0 Å². The number of benzene rings is 1. The molecule has 1 aromatic rings. The second kappa shape index (κ2) is 4.38. The van der Waals surface area contributed by atoms with Crippen LogP contribution in [-0.2, 0) is 4.79 Å². The van der Waals surface area contributed by atoms with Crippen molar-refractivity contribution in [1.82, 2.24) is 4.90 Å². The number of nitrogen functional groups attached to an aromatic ring is 1. The average molecular weight is 223 g/mol. The van der Waals surface area contributed by atoms with Crippen LogP contribution in [0.5, 0.6) is 0 Å². The Morgan fingerprint density at radius 1 is 1.25 bits per heavy atom.